The van der Waals surface area contributed by atoms with Crippen LogP contribution >= 0.6 is 0 Å². The number of rotatable bonds is 0. The van der Waals surface area contributed by atoms with Gasteiger partial charge in [-0.1, -0.05) is 17.7 Å². The van der Waals surface area contributed by atoms with Crippen molar-refractivity contribution in [2.24, 2.45) is 11.8 Å². The molecule has 22 heavy (non-hydrogen) atoms. The maximum absolute atomic E-state index is 6.20. The highest BCUT2D eigenvalue weighted by Crippen LogP contribution is 2.52. The summed E-state index contributed by atoms with van der Waals surface area (Å²) in [6.45, 7) is 6.42. The minimum absolute atomic E-state index is 0.318. The van der Waals surface area contributed by atoms with Crippen LogP contribution in [-0.4, -0.2) is 26.3 Å². The van der Waals surface area contributed by atoms with Crippen molar-refractivity contribution in [3.05, 3.63) is 28.8 Å². The monoisotopic (exact) mass is 299 g/mol. The molecule has 2 fully saturated rings. The Morgan fingerprint density at radius 1 is 0.909 bits per heavy atom. The zero-order valence-electron chi connectivity index (χ0n) is 13.4. The quantitative estimate of drug-likeness (QED) is 0.728. The average molecular weight is 299 g/mol. The summed E-state index contributed by atoms with van der Waals surface area (Å²) in [5.41, 5.74) is 5.70. The highest BCUT2D eigenvalue weighted by atomic mass is 16.5. The molecule has 4 aliphatic heterocycles. The molecule has 4 aliphatic rings. The summed E-state index contributed by atoms with van der Waals surface area (Å²) in [7, 11) is 0. The minimum atomic E-state index is 0.318. The molecule has 1 aromatic carbocycles. The lowest BCUT2D eigenvalue weighted by Gasteiger charge is -2.50. The number of aryl methyl sites for hydroxylation is 1. The summed E-state index contributed by atoms with van der Waals surface area (Å²) in [6.07, 6.45) is 5.71. The number of nitrogens with zero attached hydrogens (tertiary/aromatic N) is 1. The first kappa shape index (κ1) is 13.4. The highest BCUT2D eigenvalue weighted by Gasteiger charge is 2.44. The van der Waals surface area contributed by atoms with Gasteiger partial charge in [0, 0.05) is 55.0 Å². The molecular weight excluding hydrogens is 274 g/mol. The number of hydrogen-bond donors (Lipinski definition) is 0. The van der Waals surface area contributed by atoms with Gasteiger partial charge in [0.2, 0.25) is 0 Å². The second kappa shape index (κ2) is 4.97. The Morgan fingerprint density at radius 3 is 2.00 bits per heavy atom. The molecule has 1 aromatic rings. The van der Waals surface area contributed by atoms with Crippen molar-refractivity contribution >= 4 is 5.69 Å². The van der Waals surface area contributed by atoms with Crippen molar-refractivity contribution in [3.63, 3.8) is 0 Å². The predicted octanol–water partition coefficient (Wildman–Crippen LogP) is 3.76. The normalized spacial score (nSPS) is 36.3. The second-order valence-electron chi connectivity index (χ2n) is 7.58. The van der Waals surface area contributed by atoms with E-state index in [2.05, 4.69) is 24.0 Å². The topological polar surface area (TPSA) is 21.7 Å². The van der Waals surface area contributed by atoms with Crippen LogP contribution in [0.25, 0.3) is 0 Å². The molecule has 0 bridgehead atoms. The van der Waals surface area contributed by atoms with Gasteiger partial charge in [0.15, 0.2) is 0 Å². The van der Waals surface area contributed by atoms with Crippen molar-refractivity contribution < 1.29 is 9.47 Å². The van der Waals surface area contributed by atoms with E-state index in [1.165, 1.54) is 61.2 Å². The Labute approximate surface area is 132 Å². The van der Waals surface area contributed by atoms with Crippen LogP contribution in [0.5, 0.6) is 0 Å². The molecule has 0 N–H and O–H groups in total. The number of anilines is 1. The van der Waals surface area contributed by atoms with E-state index in [0.717, 1.165) is 13.2 Å². The lowest BCUT2D eigenvalue weighted by molar-refractivity contribution is -0.0435. The summed E-state index contributed by atoms with van der Waals surface area (Å²) < 4.78 is 12.4. The van der Waals surface area contributed by atoms with E-state index in [1.54, 1.807) is 0 Å². The van der Waals surface area contributed by atoms with Gasteiger partial charge in [0.1, 0.15) is 0 Å². The third-order valence-electron chi connectivity index (χ3n) is 6.04. The fraction of sp³-hybridized carbons (Fsp3) is 0.684. The summed E-state index contributed by atoms with van der Waals surface area (Å²) in [6, 6.07) is 4.74. The van der Waals surface area contributed by atoms with E-state index in [1.807, 2.05) is 0 Å². The molecule has 2 saturated heterocycles. The minimum Gasteiger partial charge on any atom is -0.373 e. The molecule has 0 amide bonds. The third-order valence-corrected chi connectivity index (χ3v) is 6.04. The Bertz CT molecular complexity index is 552. The number of fused-ring (bicyclic) bond motifs is 4. The van der Waals surface area contributed by atoms with Crippen molar-refractivity contribution in [2.45, 2.75) is 44.8 Å². The Kier molecular flexibility index (Phi) is 3.02. The van der Waals surface area contributed by atoms with Crippen LogP contribution in [0.3, 0.4) is 0 Å². The zero-order valence-corrected chi connectivity index (χ0v) is 13.4. The average Bonchev–Trinajstić information content (AvgIpc) is 2.54. The van der Waals surface area contributed by atoms with Crippen LogP contribution in [0.15, 0.2) is 12.1 Å². The Balaban J connectivity index is 1.67. The third kappa shape index (κ3) is 1.88. The van der Waals surface area contributed by atoms with Crippen molar-refractivity contribution in [3.8, 4) is 0 Å². The van der Waals surface area contributed by atoms with Gasteiger partial charge in [-0.05, 0) is 32.6 Å². The van der Waals surface area contributed by atoms with E-state index >= 15 is 0 Å². The standard InChI is InChI=1S/C19H25NO2/c1-12-8-15-17-16(9-12)19-14(5-3-7-22-19)11-20(17)10-13-4-2-6-21-18(13)15/h8-9,13-14,18-19H,2-7,10-11H2,1H3/t13-,14+,18-,19+. The van der Waals surface area contributed by atoms with E-state index in [4.69, 9.17) is 9.47 Å². The van der Waals surface area contributed by atoms with Crippen LogP contribution in [-0.2, 0) is 9.47 Å². The molecule has 4 atom stereocenters. The first-order valence-corrected chi connectivity index (χ1v) is 8.94. The molecule has 0 aliphatic carbocycles. The first-order chi connectivity index (χ1) is 10.8. The number of ether oxygens (including phenoxy) is 2. The van der Waals surface area contributed by atoms with Crippen LogP contribution in [0.2, 0.25) is 0 Å². The lowest BCUT2D eigenvalue weighted by atomic mass is 9.76. The molecule has 4 heterocycles. The molecule has 3 heteroatoms. The van der Waals surface area contributed by atoms with Crippen LogP contribution in [0, 0.1) is 18.8 Å². The summed E-state index contributed by atoms with van der Waals surface area (Å²) >= 11 is 0. The molecule has 5 rings (SSSR count). The fourth-order valence-corrected chi connectivity index (χ4v) is 5.21. The van der Waals surface area contributed by atoms with Crippen LogP contribution in [0.1, 0.15) is 54.6 Å². The van der Waals surface area contributed by atoms with Crippen molar-refractivity contribution in [1.82, 2.24) is 0 Å². The highest BCUT2D eigenvalue weighted by molar-refractivity contribution is 5.66. The smallest absolute Gasteiger partial charge is 0.0890 e. The van der Waals surface area contributed by atoms with E-state index in [9.17, 15) is 0 Å². The Morgan fingerprint density at radius 2 is 1.45 bits per heavy atom. The van der Waals surface area contributed by atoms with Gasteiger partial charge in [-0.2, -0.15) is 0 Å². The van der Waals surface area contributed by atoms with Gasteiger partial charge in [-0.15, -0.1) is 0 Å². The molecule has 118 valence electrons. The van der Waals surface area contributed by atoms with E-state index in [-0.39, 0.29) is 0 Å². The van der Waals surface area contributed by atoms with E-state index in [0.29, 0.717) is 24.0 Å². The number of benzene rings is 1. The molecule has 0 spiro atoms. The number of hydrogen-bond acceptors (Lipinski definition) is 3. The van der Waals surface area contributed by atoms with Gasteiger partial charge in [0.25, 0.3) is 0 Å². The molecular formula is C19H25NO2. The largest absolute Gasteiger partial charge is 0.373 e. The fourth-order valence-electron chi connectivity index (χ4n) is 5.21. The van der Waals surface area contributed by atoms with Crippen LogP contribution < -0.4 is 4.90 Å². The summed E-state index contributed by atoms with van der Waals surface area (Å²) in [4.78, 5) is 2.66. The molecule has 0 radical (unpaired) electrons. The van der Waals surface area contributed by atoms with Crippen molar-refractivity contribution in [1.29, 1.82) is 0 Å². The van der Waals surface area contributed by atoms with Gasteiger partial charge in [-0.25, -0.2) is 0 Å². The SMILES string of the molecule is Cc1cc2c3c(c1)[C@@H]1OCCC[C@@H]1CN3C[C@@H]1CCCO[C@H]21. The second-order valence-corrected chi connectivity index (χ2v) is 7.58. The van der Waals surface area contributed by atoms with Crippen LogP contribution in [0.4, 0.5) is 5.69 Å². The van der Waals surface area contributed by atoms with Gasteiger partial charge in [0.05, 0.1) is 12.2 Å². The first-order valence-electron chi connectivity index (χ1n) is 8.94. The summed E-state index contributed by atoms with van der Waals surface area (Å²) in [5.74, 6) is 1.36. The maximum atomic E-state index is 6.20. The predicted molar refractivity (Wildman–Crippen MR) is 86.2 cm³/mol. The Hall–Kier alpha value is -1.06. The maximum Gasteiger partial charge on any atom is 0.0890 e. The summed E-state index contributed by atoms with van der Waals surface area (Å²) in [5, 5.41) is 0. The van der Waals surface area contributed by atoms with Gasteiger partial charge >= 0.3 is 0 Å². The van der Waals surface area contributed by atoms with Gasteiger partial charge in [-0.3, -0.25) is 0 Å². The zero-order chi connectivity index (χ0) is 14.7. The van der Waals surface area contributed by atoms with Gasteiger partial charge < -0.3 is 14.4 Å². The molecule has 0 saturated carbocycles. The molecule has 0 unspecified atom stereocenters. The van der Waals surface area contributed by atoms with E-state index < -0.39 is 0 Å². The lowest BCUT2D eigenvalue weighted by Crippen LogP contribution is -2.48. The molecule has 0 aromatic heterocycles. The molecule has 3 nitrogen and oxygen atoms in total. The van der Waals surface area contributed by atoms with Crippen molar-refractivity contribution in [2.75, 3.05) is 31.2 Å².